The molecule has 0 aliphatic carbocycles. The van der Waals surface area contributed by atoms with Gasteiger partial charge < -0.3 is 14.6 Å². The number of nitrogens with one attached hydrogen (secondary N) is 1. The molecule has 0 saturated heterocycles. The highest BCUT2D eigenvalue weighted by Crippen LogP contribution is 2.19. The quantitative estimate of drug-likeness (QED) is 0.803. The van der Waals surface area contributed by atoms with Gasteiger partial charge in [-0.25, -0.2) is 4.79 Å². The van der Waals surface area contributed by atoms with Crippen LogP contribution in [0.5, 0.6) is 11.5 Å². The van der Waals surface area contributed by atoms with Crippen LogP contribution < -0.4 is 10.1 Å². The predicted octanol–water partition coefficient (Wildman–Crippen LogP) is 1.82. The molecule has 2 aromatic carbocycles. The Bertz CT molecular complexity index is 815. The van der Waals surface area contributed by atoms with E-state index in [1.165, 1.54) is 25.3 Å². The van der Waals surface area contributed by atoms with Crippen molar-refractivity contribution in [2.24, 2.45) is 0 Å². The van der Waals surface area contributed by atoms with Crippen molar-refractivity contribution in [2.45, 2.75) is 6.92 Å². The number of esters is 1. The average molecular weight is 343 g/mol. The number of methoxy groups -OCH3 is 1. The van der Waals surface area contributed by atoms with E-state index in [0.717, 1.165) is 5.56 Å². The van der Waals surface area contributed by atoms with Gasteiger partial charge in [0.25, 0.3) is 11.8 Å². The minimum atomic E-state index is -0.864. The summed E-state index contributed by atoms with van der Waals surface area (Å²) < 4.78 is 9.85. The smallest absolute Gasteiger partial charge is 0.342 e. The molecule has 7 nitrogen and oxygen atoms in total. The van der Waals surface area contributed by atoms with Crippen LogP contribution in [-0.4, -0.2) is 36.6 Å². The summed E-state index contributed by atoms with van der Waals surface area (Å²) in [5.41, 5.74) is 0.893. The second-order valence-electron chi connectivity index (χ2n) is 5.17. The van der Waals surface area contributed by atoms with Crippen LogP contribution in [-0.2, 0) is 9.53 Å². The molecule has 0 saturated carbocycles. The normalized spacial score (nSPS) is 10.0. The summed E-state index contributed by atoms with van der Waals surface area (Å²) >= 11 is 0. The Kier molecular flexibility index (Phi) is 5.73. The Morgan fingerprint density at radius 3 is 2.48 bits per heavy atom. The second-order valence-corrected chi connectivity index (χ2v) is 5.17. The molecule has 25 heavy (non-hydrogen) atoms. The van der Waals surface area contributed by atoms with Crippen LogP contribution >= 0.6 is 0 Å². The zero-order valence-electron chi connectivity index (χ0n) is 13.7. The maximum Gasteiger partial charge on any atom is 0.342 e. The highest BCUT2D eigenvalue weighted by atomic mass is 16.5. The fourth-order valence-electron chi connectivity index (χ4n) is 2.09. The molecule has 0 aromatic heterocycles. The van der Waals surface area contributed by atoms with Crippen molar-refractivity contribution < 1.29 is 29.0 Å². The predicted molar refractivity (Wildman–Crippen MR) is 88.6 cm³/mol. The highest BCUT2D eigenvalue weighted by molar-refractivity contribution is 6.07. The van der Waals surface area contributed by atoms with Gasteiger partial charge in [-0.1, -0.05) is 18.2 Å². The topological polar surface area (TPSA) is 102 Å². The van der Waals surface area contributed by atoms with Crippen molar-refractivity contribution in [3.8, 4) is 11.5 Å². The molecular weight excluding hydrogens is 326 g/mol. The van der Waals surface area contributed by atoms with E-state index in [-0.39, 0.29) is 16.9 Å². The van der Waals surface area contributed by atoms with E-state index in [9.17, 15) is 19.5 Å². The number of imide groups is 1. The molecule has 0 fully saturated rings. The average Bonchev–Trinajstić information content (AvgIpc) is 2.59. The van der Waals surface area contributed by atoms with Crippen LogP contribution in [0.4, 0.5) is 0 Å². The lowest BCUT2D eigenvalue weighted by Crippen LogP contribution is -2.34. The van der Waals surface area contributed by atoms with Crippen LogP contribution in [0.2, 0.25) is 0 Å². The van der Waals surface area contributed by atoms with Crippen molar-refractivity contribution in [3.05, 3.63) is 59.2 Å². The summed E-state index contributed by atoms with van der Waals surface area (Å²) in [5, 5.41) is 11.8. The Labute approximate surface area is 144 Å². The van der Waals surface area contributed by atoms with Gasteiger partial charge in [-0.2, -0.15) is 0 Å². The van der Waals surface area contributed by atoms with Crippen molar-refractivity contribution >= 4 is 17.8 Å². The summed E-state index contributed by atoms with van der Waals surface area (Å²) in [5.74, 6) is -2.25. The van der Waals surface area contributed by atoms with E-state index in [2.05, 4.69) is 5.32 Å². The SMILES string of the molecule is COc1ccccc1C(=O)NC(=O)COC(=O)c1ccc(C)cc1O. The third-order valence-corrected chi connectivity index (χ3v) is 3.31. The van der Waals surface area contributed by atoms with Gasteiger partial charge in [0.15, 0.2) is 6.61 Å². The zero-order valence-corrected chi connectivity index (χ0v) is 13.7. The first-order valence-electron chi connectivity index (χ1n) is 7.36. The monoisotopic (exact) mass is 343 g/mol. The fourth-order valence-corrected chi connectivity index (χ4v) is 2.09. The van der Waals surface area contributed by atoms with Crippen LogP contribution in [0, 0.1) is 6.92 Å². The van der Waals surface area contributed by atoms with Gasteiger partial charge in [0.2, 0.25) is 0 Å². The van der Waals surface area contributed by atoms with Crippen LogP contribution in [0.3, 0.4) is 0 Å². The van der Waals surface area contributed by atoms with E-state index >= 15 is 0 Å². The molecule has 7 heteroatoms. The first kappa shape index (κ1) is 18.0. The minimum absolute atomic E-state index is 0.0607. The standard InChI is InChI=1S/C18H17NO6/c1-11-7-8-12(14(20)9-11)18(23)25-10-16(21)19-17(22)13-5-3-4-6-15(13)24-2/h3-9,20H,10H2,1-2H3,(H,19,21,22). The Morgan fingerprint density at radius 1 is 1.08 bits per heavy atom. The lowest BCUT2D eigenvalue weighted by Gasteiger charge is -2.09. The summed E-state index contributed by atoms with van der Waals surface area (Å²) in [6, 6.07) is 10.8. The number of phenolic OH excluding ortho intramolecular Hbond substituents is 1. The van der Waals surface area contributed by atoms with Gasteiger partial charge in [0.1, 0.15) is 17.1 Å². The summed E-state index contributed by atoms with van der Waals surface area (Å²) in [6.45, 7) is 1.10. The van der Waals surface area contributed by atoms with Gasteiger partial charge in [0, 0.05) is 0 Å². The lowest BCUT2D eigenvalue weighted by atomic mass is 10.1. The number of rotatable bonds is 5. The van der Waals surface area contributed by atoms with E-state index in [4.69, 9.17) is 9.47 Å². The summed E-state index contributed by atoms with van der Waals surface area (Å²) in [4.78, 5) is 35.7. The molecular formula is C18H17NO6. The molecule has 0 unspecified atom stereocenters. The molecule has 0 aliphatic heterocycles. The highest BCUT2D eigenvalue weighted by Gasteiger charge is 2.17. The molecule has 2 aromatic rings. The first-order chi connectivity index (χ1) is 11.9. The van der Waals surface area contributed by atoms with Crippen LogP contribution in [0.15, 0.2) is 42.5 Å². The molecule has 0 bridgehead atoms. The maximum atomic E-state index is 12.0. The number of hydrogen-bond acceptors (Lipinski definition) is 6. The van der Waals surface area contributed by atoms with Gasteiger partial charge in [-0.05, 0) is 36.8 Å². The van der Waals surface area contributed by atoms with E-state index in [0.29, 0.717) is 5.75 Å². The number of ether oxygens (including phenoxy) is 2. The molecule has 0 heterocycles. The first-order valence-corrected chi connectivity index (χ1v) is 7.36. The molecule has 0 atom stereocenters. The Morgan fingerprint density at radius 2 is 1.80 bits per heavy atom. The number of carbonyl (C=O) groups is 3. The number of amides is 2. The van der Waals surface area contributed by atoms with Crippen molar-refractivity contribution in [2.75, 3.05) is 13.7 Å². The molecule has 0 aliphatic rings. The molecule has 0 radical (unpaired) electrons. The third-order valence-electron chi connectivity index (χ3n) is 3.31. The van der Waals surface area contributed by atoms with E-state index in [1.54, 1.807) is 31.2 Å². The molecule has 2 N–H and O–H groups in total. The maximum absolute atomic E-state index is 12.0. The zero-order chi connectivity index (χ0) is 18.4. The number of para-hydroxylation sites is 1. The number of aromatic hydroxyl groups is 1. The van der Waals surface area contributed by atoms with E-state index < -0.39 is 24.4 Å². The van der Waals surface area contributed by atoms with Crippen LogP contribution in [0.25, 0.3) is 0 Å². The van der Waals surface area contributed by atoms with Gasteiger partial charge >= 0.3 is 5.97 Å². The third kappa shape index (κ3) is 4.57. The van der Waals surface area contributed by atoms with Crippen molar-refractivity contribution in [1.82, 2.24) is 5.32 Å². The Balaban J connectivity index is 1.94. The molecule has 2 amide bonds. The Hall–Kier alpha value is -3.35. The van der Waals surface area contributed by atoms with Crippen molar-refractivity contribution in [1.29, 1.82) is 0 Å². The summed E-state index contributed by atoms with van der Waals surface area (Å²) in [6.07, 6.45) is 0. The van der Waals surface area contributed by atoms with Crippen LogP contribution in [0.1, 0.15) is 26.3 Å². The molecule has 2 rings (SSSR count). The number of aryl methyl sites for hydroxylation is 1. The van der Waals surface area contributed by atoms with E-state index in [1.807, 2.05) is 0 Å². The fraction of sp³-hybridized carbons (Fsp3) is 0.167. The molecule has 0 spiro atoms. The minimum Gasteiger partial charge on any atom is -0.507 e. The van der Waals surface area contributed by atoms with Gasteiger partial charge in [-0.15, -0.1) is 0 Å². The summed E-state index contributed by atoms with van der Waals surface area (Å²) in [7, 11) is 1.41. The second kappa shape index (κ2) is 7.96. The lowest BCUT2D eigenvalue weighted by molar-refractivity contribution is -0.123. The number of benzene rings is 2. The largest absolute Gasteiger partial charge is 0.507 e. The number of phenols is 1. The number of hydrogen-bond donors (Lipinski definition) is 2. The number of carbonyl (C=O) groups excluding carboxylic acids is 3. The van der Waals surface area contributed by atoms with Crippen molar-refractivity contribution in [3.63, 3.8) is 0 Å². The molecule has 130 valence electrons. The van der Waals surface area contributed by atoms with Gasteiger partial charge in [0.05, 0.1) is 12.7 Å². The van der Waals surface area contributed by atoms with Gasteiger partial charge in [-0.3, -0.25) is 14.9 Å².